The Kier molecular flexibility index (Phi) is 7.49. The van der Waals surface area contributed by atoms with Gasteiger partial charge in [0.05, 0.1) is 6.61 Å². The Morgan fingerprint density at radius 3 is 2.24 bits per heavy atom. The zero-order valence-corrected chi connectivity index (χ0v) is 10.9. The predicted molar refractivity (Wildman–Crippen MR) is 63.1 cm³/mol. The summed E-state index contributed by atoms with van der Waals surface area (Å²) in [6.45, 7) is -2.97. The van der Waals surface area contributed by atoms with Crippen molar-refractivity contribution >= 4 is 17.9 Å². The highest BCUT2D eigenvalue weighted by Crippen LogP contribution is 2.16. The van der Waals surface area contributed by atoms with Gasteiger partial charge in [-0.1, -0.05) is 0 Å². The monoisotopic (exact) mass is 315 g/mol. The van der Waals surface area contributed by atoms with Crippen molar-refractivity contribution < 1.29 is 37.8 Å². The highest BCUT2D eigenvalue weighted by atomic mass is 19.4. The number of urea groups is 1. The normalized spacial score (nSPS) is 12.6. The minimum atomic E-state index is -4.70. The van der Waals surface area contributed by atoms with Crippen LogP contribution in [0, 0.1) is 0 Å². The Balaban J connectivity index is 4.74. The Bertz CT molecular complexity index is 389. The van der Waals surface area contributed by atoms with E-state index in [4.69, 9.17) is 15.9 Å². The van der Waals surface area contributed by atoms with Crippen molar-refractivity contribution in [2.24, 2.45) is 5.73 Å². The van der Waals surface area contributed by atoms with Crippen LogP contribution in [0.3, 0.4) is 0 Å². The molecule has 8 nitrogen and oxygen atoms in total. The largest absolute Gasteiger partial charge is 0.480 e. The third kappa shape index (κ3) is 8.68. The summed E-state index contributed by atoms with van der Waals surface area (Å²) in [5.74, 6) is -2.32. The van der Waals surface area contributed by atoms with Crippen molar-refractivity contribution in [2.45, 2.75) is 25.1 Å². The molecular weight excluding hydrogens is 299 g/mol. The lowest BCUT2D eigenvalue weighted by Gasteiger charge is -2.25. The number of amides is 3. The quantitative estimate of drug-likeness (QED) is 0.469. The van der Waals surface area contributed by atoms with Gasteiger partial charge in [-0.3, -0.25) is 4.79 Å². The molecule has 5 N–H and O–H groups in total. The van der Waals surface area contributed by atoms with Crippen LogP contribution in [0.5, 0.6) is 0 Å². The van der Waals surface area contributed by atoms with Crippen molar-refractivity contribution in [3.63, 3.8) is 0 Å². The van der Waals surface area contributed by atoms with Gasteiger partial charge < -0.3 is 26.2 Å². The summed E-state index contributed by atoms with van der Waals surface area (Å²) < 4.78 is 36.8. The topological polar surface area (TPSA) is 133 Å². The smallest absolute Gasteiger partial charge is 0.406 e. The van der Waals surface area contributed by atoms with Crippen LogP contribution in [-0.4, -0.2) is 64.9 Å². The molecular formula is C10H16F3N3O5. The van der Waals surface area contributed by atoms with Crippen molar-refractivity contribution in [1.82, 2.24) is 10.2 Å². The summed E-state index contributed by atoms with van der Waals surface area (Å²) >= 11 is 0. The molecule has 0 heterocycles. The molecule has 0 fully saturated rings. The van der Waals surface area contributed by atoms with E-state index in [-0.39, 0.29) is 17.7 Å². The number of carbonyl (C=O) groups is 3. The molecule has 122 valence electrons. The first-order valence-electron chi connectivity index (χ1n) is 5.81. The first-order chi connectivity index (χ1) is 9.56. The van der Waals surface area contributed by atoms with E-state index < -0.39 is 49.8 Å². The Morgan fingerprint density at radius 2 is 1.86 bits per heavy atom. The van der Waals surface area contributed by atoms with Gasteiger partial charge in [0.25, 0.3) is 0 Å². The second kappa shape index (κ2) is 8.29. The molecule has 0 aromatic carbocycles. The van der Waals surface area contributed by atoms with E-state index in [1.807, 2.05) is 5.32 Å². The van der Waals surface area contributed by atoms with Crippen molar-refractivity contribution in [2.75, 3.05) is 19.7 Å². The molecule has 0 radical (unpaired) electrons. The van der Waals surface area contributed by atoms with Crippen LogP contribution in [-0.2, 0) is 9.59 Å². The lowest BCUT2D eigenvalue weighted by molar-refractivity contribution is -0.141. The van der Waals surface area contributed by atoms with E-state index >= 15 is 0 Å². The van der Waals surface area contributed by atoms with Crippen molar-refractivity contribution in [3.8, 4) is 0 Å². The summed E-state index contributed by atoms with van der Waals surface area (Å²) in [5, 5.41) is 19.3. The molecule has 0 aliphatic carbocycles. The van der Waals surface area contributed by atoms with Gasteiger partial charge in [-0.05, 0) is 6.42 Å². The maximum Gasteiger partial charge on any atom is 0.406 e. The lowest BCUT2D eigenvalue weighted by Crippen LogP contribution is -2.51. The molecule has 0 unspecified atom stereocenters. The minimum Gasteiger partial charge on any atom is -0.480 e. The molecule has 0 spiro atoms. The fraction of sp³-hybridized carbons (Fsp3) is 0.700. The van der Waals surface area contributed by atoms with Gasteiger partial charge in [-0.2, -0.15) is 13.2 Å². The van der Waals surface area contributed by atoms with Gasteiger partial charge in [0, 0.05) is 13.0 Å². The number of carboxylic acids is 1. The summed E-state index contributed by atoms with van der Waals surface area (Å²) in [5.41, 5.74) is 4.83. The highest BCUT2D eigenvalue weighted by Gasteiger charge is 2.34. The number of carboxylic acid groups (broad SMARTS) is 1. The molecule has 0 aliphatic rings. The molecule has 1 atom stereocenters. The number of aliphatic hydroxyl groups is 1. The molecule has 0 aliphatic heterocycles. The number of nitrogens with two attached hydrogens (primary N) is 1. The molecule has 0 aromatic heterocycles. The van der Waals surface area contributed by atoms with E-state index in [0.717, 1.165) is 0 Å². The van der Waals surface area contributed by atoms with Crippen molar-refractivity contribution in [3.05, 3.63) is 0 Å². The fourth-order valence-electron chi connectivity index (χ4n) is 1.37. The summed E-state index contributed by atoms with van der Waals surface area (Å²) in [6, 6.07) is -2.86. The number of aliphatic carboxylic acids is 1. The second-order valence-electron chi connectivity index (χ2n) is 4.11. The number of halogens is 3. The predicted octanol–water partition coefficient (Wildman–Crippen LogP) is -0.729. The van der Waals surface area contributed by atoms with E-state index in [0.29, 0.717) is 0 Å². The van der Waals surface area contributed by atoms with Crippen LogP contribution in [0.1, 0.15) is 12.8 Å². The maximum atomic E-state index is 12.3. The van der Waals surface area contributed by atoms with Crippen LogP contribution in [0.4, 0.5) is 18.0 Å². The molecule has 0 saturated carbocycles. The number of aliphatic hydroxyl groups excluding tert-OH is 1. The van der Waals surface area contributed by atoms with Crippen molar-refractivity contribution in [1.29, 1.82) is 0 Å². The number of rotatable bonds is 8. The average molecular weight is 315 g/mol. The van der Waals surface area contributed by atoms with Gasteiger partial charge in [0.1, 0.15) is 12.6 Å². The Labute approximate surface area is 117 Å². The first kappa shape index (κ1) is 19.0. The number of hydrogen-bond acceptors (Lipinski definition) is 4. The third-order valence-electron chi connectivity index (χ3n) is 2.30. The minimum absolute atomic E-state index is 0.222. The van der Waals surface area contributed by atoms with E-state index in [2.05, 4.69) is 0 Å². The molecule has 0 saturated heterocycles. The number of nitrogens with zero attached hydrogens (tertiary/aromatic N) is 1. The first-order valence-corrected chi connectivity index (χ1v) is 5.81. The van der Waals surface area contributed by atoms with Crippen LogP contribution in [0.2, 0.25) is 0 Å². The maximum absolute atomic E-state index is 12.3. The highest BCUT2D eigenvalue weighted by molar-refractivity contribution is 5.83. The van der Waals surface area contributed by atoms with E-state index in [1.54, 1.807) is 0 Å². The molecule has 3 amide bonds. The van der Waals surface area contributed by atoms with Crippen LogP contribution < -0.4 is 11.1 Å². The molecule has 0 aromatic rings. The van der Waals surface area contributed by atoms with Crippen LogP contribution >= 0.6 is 0 Å². The molecule has 0 rings (SSSR count). The standard InChI is InChI=1S/C10H16F3N3O5/c11-10(12,13)5-16(3-4-17)9(21)15-6(8(19)20)1-2-7(14)18/h6,17H,1-5H2,(H2,14,18)(H,15,21)(H,19,20)/t6-/m1/s1. The Morgan fingerprint density at radius 1 is 1.29 bits per heavy atom. The van der Waals surface area contributed by atoms with E-state index in [1.165, 1.54) is 0 Å². The number of carbonyl (C=O) groups excluding carboxylic acids is 2. The second-order valence-corrected chi connectivity index (χ2v) is 4.11. The van der Waals surface area contributed by atoms with Gasteiger partial charge in [-0.15, -0.1) is 0 Å². The summed E-state index contributed by atoms with van der Waals surface area (Å²) in [6.07, 6.45) is -5.40. The van der Waals surface area contributed by atoms with Gasteiger partial charge in [0.2, 0.25) is 5.91 Å². The number of alkyl halides is 3. The summed E-state index contributed by atoms with van der Waals surface area (Å²) in [4.78, 5) is 33.2. The Hall–Kier alpha value is -2.04. The van der Waals surface area contributed by atoms with Gasteiger partial charge in [-0.25, -0.2) is 9.59 Å². The van der Waals surface area contributed by atoms with Crippen LogP contribution in [0.15, 0.2) is 0 Å². The number of nitrogens with one attached hydrogen (secondary N) is 1. The molecule has 0 bridgehead atoms. The SMILES string of the molecule is NC(=O)CC[C@@H](NC(=O)N(CCO)CC(F)(F)F)C(=O)O. The molecule has 11 heteroatoms. The third-order valence-corrected chi connectivity index (χ3v) is 2.30. The van der Waals surface area contributed by atoms with Gasteiger partial charge >= 0.3 is 18.2 Å². The van der Waals surface area contributed by atoms with Gasteiger partial charge in [0.15, 0.2) is 0 Å². The fourth-order valence-corrected chi connectivity index (χ4v) is 1.37. The van der Waals surface area contributed by atoms with E-state index in [9.17, 15) is 27.6 Å². The number of primary amides is 1. The zero-order valence-electron chi connectivity index (χ0n) is 10.9. The molecule has 21 heavy (non-hydrogen) atoms. The number of hydrogen-bond donors (Lipinski definition) is 4. The summed E-state index contributed by atoms with van der Waals surface area (Å²) in [7, 11) is 0. The zero-order chi connectivity index (χ0) is 16.6. The van der Waals surface area contributed by atoms with Crippen LogP contribution in [0.25, 0.3) is 0 Å². The average Bonchev–Trinajstić information content (AvgIpc) is 2.31. The lowest BCUT2D eigenvalue weighted by atomic mass is 10.1.